The third kappa shape index (κ3) is 3.03. The SMILES string of the molecule is CN(C)C(=O)CN(C)c1nc2sccn2c1CNC1CC1. The number of aromatic nitrogens is 2. The van der Waals surface area contributed by atoms with Gasteiger partial charge in [-0.1, -0.05) is 0 Å². The molecule has 0 aromatic carbocycles. The average molecular weight is 307 g/mol. The fraction of sp³-hybridized carbons (Fsp3) is 0.571. The van der Waals surface area contributed by atoms with E-state index in [0.29, 0.717) is 12.6 Å². The van der Waals surface area contributed by atoms with Crippen LogP contribution < -0.4 is 10.2 Å². The minimum atomic E-state index is 0.0787. The number of anilines is 1. The van der Waals surface area contributed by atoms with E-state index in [0.717, 1.165) is 23.0 Å². The highest BCUT2D eigenvalue weighted by Crippen LogP contribution is 2.26. The summed E-state index contributed by atoms with van der Waals surface area (Å²) in [6.45, 7) is 1.13. The molecule has 0 bridgehead atoms. The second kappa shape index (κ2) is 5.65. The van der Waals surface area contributed by atoms with E-state index in [4.69, 9.17) is 0 Å². The monoisotopic (exact) mass is 307 g/mol. The first-order chi connectivity index (χ1) is 10.1. The highest BCUT2D eigenvalue weighted by atomic mass is 32.1. The third-order valence-corrected chi connectivity index (χ3v) is 4.46. The zero-order chi connectivity index (χ0) is 15.0. The topological polar surface area (TPSA) is 52.9 Å². The fourth-order valence-electron chi connectivity index (χ4n) is 2.24. The van der Waals surface area contributed by atoms with Crippen molar-refractivity contribution in [2.24, 2.45) is 0 Å². The van der Waals surface area contributed by atoms with Crippen molar-refractivity contribution in [1.82, 2.24) is 19.6 Å². The number of thiazole rings is 1. The Morgan fingerprint density at radius 3 is 2.90 bits per heavy atom. The van der Waals surface area contributed by atoms with Crippen LogP contribution in [-0.2, 0) is 11.3 Å². The van der Waals surface area contributed by atoms with Gasteiger partial charge >= 0.3 is 0 Å². The minimum absolute atomic E-state index is 0.0787. The van der Waals surface area contributed by atoms with E-state index in [-0.39, 0.29) is 5.91 Å². The Bertz CT molecular complexity index is 643. The molecule has 0 atom stereocenters. The molecule has 0 saturated heterocycles. The van der Waals surface area contributed by atoms with Crippen molar-refractivity contribution < 1.29 is 4.79 Å². The summed E-state index contributed by atoms with van der Waals surface area (Å²) in [5, 5.41) is 5.57. The molecule has 1 amide bonds. The molecular weight excluding hydrogens is 286 g/mol. The number of fused-ring (bicyclic) bond motifs is 1. The van der Waals surface area contributed by atoms with Crippen molar-refractivity contribution >= 4 is 28.0 Å². The van der Waals surface area contributed by atoms with Gasteiger partial charge in [0, 0.05) is 45.3 Å². The molecule has 1 fully saturated rings. The number of imidazole rings is 1. The summed E-state index contributed by atoms with van der Waals surface area (Å²) in [6, 6.07) is 0.649. The van der Waals surface area contributed by atoms with Crippen LogP contribution in [-0.4, -0.2) is 53.9 Å². The largest absolute Gasteiger partial charge is 0.349 e. The number of carbonyl (C=O) groups excluding carboxylic acids is 1. The molecule has 3 rings (SSSR count). The van der Waals surface area contributed by atoms with Crippen LogP contribution in [0.15, 0.2) is 11.6 Å². The number of hydrogen-bond acceptors (Lipinski definition) is 5. The summed E-state index contributed by atoms with van der Waals surface area (Å²) >= 11 is 1.62. The zero-order valence-electron chi connectivity index (χ0n) is 12.7. The molecule has 1 saturated carbocycles. The van der Waals surface area contributed by atoms with Crippen molar-refractivity contribution in [2.75, 3.05) is 32.6 Å². The van der Waals surface area contributed by atoms with Crippen LogP contribution in [0.2, 0.25) is 0 Å². The number of carbonyl (C=O) groups is 1. The van der Waals surface area contributed by atoms with E-state index < -0.39 is 0 Å². The van der Waals surface area contributed by atoms with E-state index in [9.17, 15) is 4.79 Å². The van der Waals surface area contributed by atoms with Crippen LogP contribution in [0.5, 0.6) is 0 Å². The van der Waals surface area contributed by atoms with Crippen LogP contribution in [0.4, 0.5) is 5.82 Å². The van der Waals surface area contributed by atoms with Gasteiger partial charge in [0.15, 0.2) is 10.8 Å². The van der Waals surface area contributed by atoms with Crippen molar-refractivity contribution in [1.29, 1.82) is 0 Å². The lowest BCUT2D eigenvalue weighted by molar-refractivity contribution is -0.127. The maximum absolute atomic E-state index is 11.9. The minimum Gasteiger partial charge on any atom is -0.349 e. The average Bonchev–Trinajstić information content (AvgIpc) is 3.03. The molecule has 21 heavy (non-hydrogen) atoms. The van der Waals surface area contributed by atoms with Gasteiger partial charge in [-0.15, -0.1) is 11.3 Å². The van der Waals surface area contributed by atoms with Gasteiger partial charge in [-0.05, 0) is 12.8 Å². The summed E-state index contributed by atoms with van der Waals surface area (Å²) < 4.78 is 2.12. The van der Waals surface area contributed by atoms with E-state index in [1.54, 1.807) is 30.3 Å². The number of nitrogens with one attached hydrogen (secondary N) is 1. The van der Waals surface area contributed by atoms with Gasteiger partial charge in [0.2, 0.25) is 5.91 Å². The first kappa shape index (κ1) is 14.3. The lowest BCUT2D eigenvalue weighted by atomic mass is 10.3. The maximum Gasteiger partial charge on any atom is 0.241 e. The molecule has 2 aromatic rings. The molecule has 2 aromatic heterocycles. The molecular formula is C14H21N5OS. The Hall–Kier alpha value is -1.60. The van der Waals surface area contributed by atoms with Crippen molar-refractivity contribution in [3.8, 4) is 0 Å². The third-order valence-electron chi connectivity index (χ3n) is 3.71. The smallest absolute Gasteiger partial charge is 0.241 e. The summed E-state index contributed by atoms with van der Waals surface area (Å²) in [7, 11) is 5.48. The molecule has 1 aliphatic carbocycles. The molecule has 7 heteroatoms. The Kier molecular flexibility index (Phi) is 3.86. The lowest BCUT2D eigenvalue weighted by Crippen LogP contribution is -2.35. The van der Waals surface area contributed by atoms with Gasteiger partial charge in [-0.3, -0.25) is 9.20 Å². The van der Waals surface area contributed by atoms with Gasteiger partial charge in [0.1, 0.15) is 0 Å². The first-order valence-electron chi connectivity index (χ1n) is 7.15. The van der Waals surface area contributed by atoms with Crippen LogP contribution in [0, 0.1) is 0 Å². The Labute approximate surface area is 128 Å². The van der Waals surface area contributed by atoms with Crippen LogP contribution in [0.25, 0.3) is 4.96 Å². The predicted octanol–water partition coefficient (Wildman–Crippen LogP) is 1.17. The van der Waals surface area contributed by atoms with Crippen LogP contribution >= 0.6 is 11.3 Å². The molecule has 0 radical (unpaired) electrons. The molecule has 0 unspecified atom stereocenters. The molecule has 0 aliphatic heterocycles. The standard InChI is InChI=1S/C14H21N5OS/c1-17(2)12(20)9-18(3)13-11(8-15-10-4-5-10)19-6-7-21-14(19)16-13/h6-7,10,15H,4-5,8-9H2,1-3H3. The number of likely N-dealkylation sites (N-methyl/N-ethyl adjacent to an activating group) is 2. The highest BCUT2D eigenvalue weighted by Gasteiger charge is 2.23. The molecule has 114 valence electrons. The molecule has 1 N–H and O–H groups in total. The zero-order valence-corrected chi connectivity index (χ0v) is 13.5. The molecule has 6 nitrogen and oxygen atoms in total. The number of amides is 1. The Morgan fingerprint density at radius 2 is 2.24 bits per heavy atom. The predicted molar refractivity (Wildman–Crippen MR) is 84.9 cm³/mol. The Morgan fingerprint density at radius 1 is 1.48 bits per heavy atom. The van der Waals surface area contributed by atoms with Crippen molar-refractivity contribution in [2.45, 2.75) is 25.4 Å². The van der Waals surface area contributed by atoms with Gasteiger partial charge in [-0.25, -0.2) is 4.98 Å². The van der Waals surface area contributed by atoms with E-state index in [2.05, 4.69) is 14.7 Å². The van der Waals surface area contributed by atoms with Gasteiger partial charge in [-0.2, -0.15) is 0 Å². The highest BCUT2D eigenvalue weighted by molar-refractivity contribution is 7.15. The quantitative estimate of drug-likeness (QED) is 0.870. The molecule has 0 spiro atoms. The number of rotatable bonds is 6. The normalized spacial score (nSPS) is 14.6. The molecule has 1 aliphatic rings. The first-order valence-corrected chi connectivity index (χ1v) is 8.03. The van der Waals surface area contributed by atoms with Gasteiger partial charge in [0.05, 0.1) is 12.2 Å². The summed E-state index contributed by atoms with van der Waals surface area (Å²) in [4.78, 5) is 21.1. The Balaban J connectivity index is 1.83. The number of nitrogens with zero attached hydrogens (tertiary/aromatic N) is 4. The fourth-order valence-corrected chi connectivity index (χ4v) is 2.97. The summed E-state index contributed by atoms with van der Waals surface area (Å²) in [5.41, 5.74) is 1.13. The van der Waals surface area contributed by atoms with Gasteiger partial charge < -0.3 is 15.1 Å². The van der Waals surface area contributed by atoms with Crippen LogP contribution in [0.3, 0.4) is 0 Å². The van der Waals surface area contributed by atoms with Crippen molar-refractivity contribution in [3.63, 3.8) is 0 Å². The van der Waals surface area contributed by atoms with E-state index in [1.165, 1.54) is 12.8 Å². The second-order valence-electron chi connectivity index (χ2n) is 5.74. The summed E-state index contributed by atoms with van der Waals surface area (Å²) in [5.74, 6) is 0.972. The number of hydrogen-bond donors (Lipinski definition) is 1. The van der Waals surface area contributed by atoms with Gasteiger partial charge in [0.25, 0.3) is 0 Å². The van der Waals surface area contributed by atoms with Crippen molar-refractivity contribution in [3.05, 3.63) is 17.3 Å². The van der Waals surface area contributed by atoms with E-state index >= 15 is 0 Å². The van der Waals surface area contributed by atoms with E-state index in [1.807, 2.05) is 23.5 Å². The molecule has 2 heterocycles. The second-order valence-corrected chi connectivity index (χ2v) is 6.61. The summed E-state index contributed by atoms with van der Waals surface area (Å²) in [6.07, 6.45) is 4.56. The maximum atomic E-state index is 11.9. The lowest BCUT2D eigenvalue weighted by Gasteiger charge is -2.20. The van der Waals surface area contributed by atoms with Crippen LogP contribution in [0.1, 0.15) is 18.5 Å².